The van der Waals surface area contributed by atoms with Crippen molar-refractivity contribution >= 4 is 0 Å². The summed E-state index contributed by atoms with van der Waals surface area (Å²) in [6.07, 6.45) is 0. The van der Waals surface area contributed by atoms with E-state index >= 15 is 0 Å². The third-order valence-electron chi connectivity index (χ3n) is 2.61. The lowest BCUT2D eigenvalue weighted by atomic mass is 10.1. The smallest absolute Gasteiger partial charge is 0.314 e. The molecule has 2 fully saturated rings. The highest BCUT2D eigenvalue weighted by Gasteiger charge is 2.63. The van der Waals surface area contributed by atoms with Gasteiger partial charge in [-0.05, 0) is 0 Å². The van der Waals surface area contributed by atoms with Gasteiger partial charge in [0, 0.05) is 19.1 Å². The number of nitrogens with zero attached hydrogens (tertiary/aromatic N) is 1. The minimum absolute atomic E-state index is 0.140. The summed E-state index contributed by atoms with van der Waals surface area (Å²) in [5.74, 6) is -7.72. The second-order valence-corrected chi connectivity index (χ2v) is 3.63. The molecule has 2 aliphatic rings. The van der Waals surface area contributed by atoms with E-state index in [1.807, 2.05) is 0 Å². The molecule has 0 saturated carbocycles. The minimum Gasteiger partial charge on any atom is -0.314 e. The van der Waals surface area contributed by atoms with Crippen LogP contribution in [0.5, 0.6) is 0 Å². The number of halogens is 4. The molecule has 0 aromatic heterocycles. The van der Waals surface area contributed by atoms with Crippen LogP contribution in [0, 0.1) is 0 Å². The van der Waals surface area contributed by atoms with Crippen LogP contribution in [0.2, 0.25) is 0 Å². The molecule has 76 valence electrons. The minimum atomic E-state index is -3.86. The van der Waals surface area contributed by atoms with Gasteiger partial charge in [0.1, 0.15) is 0 Å². The lowest BCUT2D eigenvalue weighted by Gasteiger charge is -2.34. The van der Waals surface area contributed by atoms with Crippen LogP contribution in [0.4, 0.5) is 17.6 Å². The average molecular weight is 198 g/mol. The van der Waals surface area contributed by atoms with Gasteiger partial charge in [-0.15, -0.1) is 0 Å². The molecule has 0 spiro atoms. The molecule has 0 aliphatic carbocycles. The number of rotatable bonds is 1. The van der Waals surface area contributed by atoms with E-state index in [9.17, 15) is 17.6 Å². The predicted molar refractivity (Wildman–Crippen MR) is 38.1 cm³/mol. The van der Waals surface area contributed by atoms with Crippen molar-refractivity contribution in [1.29, 1.82) is 0 Å². The first kappa shape index (κ1) is 9.21. The van der Waals surface area contributed by atoms with E-state index in [1.165, 1.54) is 0 Å². The molecule has 2 aliphatic heterocycles. The van der Waals surface area contributed by atoms with Crippen molar-refractivity contribution in [1.82, 2.24) is 10.2 Å². The fraction of sp³-hybridized carbons (Fsp3) is 1.00. The molecule has 0 aromatic carbocycles. The van der Waals surface area contributed by atoms with Crippen LogP contribution < -0.4 is 5.32 Å². The molecule has 0 unspecified atom stereocenters. The molecule has 0 aromatic rings. The Morgan fingerprint density at radius 3 is 1.77 bits per heavy atom. The molecule has 2 saturated heterocycles. The van der Waals surface area contributed by atoms with Crippen LogP contribution in [-0.2, 0) is 0 Å². The Balaban J connectivity index is 2.05. The van der Waals surface area contributed by atoms with Gasteiger partial charge >= 0.3 is 11.8 Å². The maximum Gasteiger partial charge on any atom is 0.323 e. The summed E-state index contributed by atoms with van der Waals surface area (Å²) < 4.78 is 50.7. The van der Waals surface area contributed by atoms with Gasteiger partial charge in [0.15, 0.2) is 0 Å². The molecule has 0 amide bonds. The third-order valence-corrected chi connectivity index (χ3v) is 2.61. The van der Waals surface area contributed by atoms with Crippen molar-refractivity contribution in [3.8, 4) is 0 Å². The van der Waals surface area contributed by atoms with E-state index in [-0.39, 0.29) is 6.04 Å². The van der Waals surface area contributed by atoms with Gasteiger partial charge in [-0.1, -0.05) is 0 Å². The number of alkyl halides is 4. The Kier molecular flexibility index (Phi) is 1.82. The van der Waals surface area contributed by atoms with Crippen molar-refractivity contribution in [2.24, 2.45) is 0 Å². The molecule has 6 heteroatoms. The van der Waals surface area contributed by atoms with Crippen LogP contribution in [0.15, 0.2) is 0 Å². The van der Waals surface area contributed by atoms with Crippen LogP contribution in [0.1, 0.15) is 0 Å². The van der Waals surface area contributed by atoms with Crippen LogP contribution in [-0.4, -0.2) is 49.0 Å². The normalized spacial score (nSPS) is 33.2. The van der Waals surface area contributed by atoms with E-state index in [0.717, 1.165) is 4.90 Å². The zero-order chi connectivity index (χ0) is 9.69. The lowest BCUT2D eigenvalue weighted by Crippen LogP contribution is -2.56. The van der Waals surface area contributed by atoms with Crippen LogP contribution >= 0.6 is 0 Å². The Bertz CT molecular complexity index is 199. The maximum absolute atomic E-state index is 12.7. The molecule has 2 nitrogen and oxygen atoms in total. The van der Waals surface area contributed by atoms with Crippen molar-refractivity contribution in [2.75, 3.05) is 26.2 Å². The van der Waals surface area contributed by atoms with E-state index in [2.05, 4.69) is 5.32 Å². The van der Waals surface area contributed by atoms with Gasteiger partial charge in [-0.2, -0.15) is 17.6 Å². The summed E-state index contributed by atoms with van der Waals surface area (Å²) in [5, 5.41) is 2.86. The highest BCUT2D eigenvalue weighted by molar-refractivity contribution is 5.01. The maximum atomic E-state index is 12.7. The second kappa shape index (κ2) is 2.57. The first-order chi connectivity index (χ1) is 5.92. The Morgan fingerprint density at radius 2 is 1.46 bits per heavy atom. The molecule has 2 heterocycles. The van der Waals surface area contributed by atoms with Gasteiger partial charge in [0.2, 0.25) is 0 Å². The molecular formula is C7H10F4N2. The zero-order valence-electron chi connectivity index (χ0n) is 6.86. The van der Waals surface area contributed by atoms with Crippen molar-refractivity contribution in [3.63, 3.8) is 0 Å². The van der Waals surface area contributed by atoms with Crippen molar-refractivity contribution in [3.05, 3.63) is 0 Å². The lowest BCUT2D eigenvalue weighted by molar-refractivity contribution is -0.172. The average Bonchev–Trinajstić information content (AvgIpc) is 1.96. The molecule has 13 heavy (non-hydrogen) atoms. The predicted octanol–water partition coefficient (Wildman–Crippen LogP) is 0.544. The van der Waals surface area contributed by atoms with E-state index in [1.54, 1.807) is 0 Å². The molecule has 0 radical (unpaired) electrons. The largest absolute Gasteiger partial charge is 0.323 e. The van der Waals surface area contributed by atoms with E-state index < -0.39 is 24.9 Å². The highest BCUT2D eigenvalue weighted by Crippen LogP contribution is 2.41. The fourth-order valence-electron chi connectivity index (χ4n) is 1.59. The number of likely N-dealkylation sites (tertiary alicyclic amines) is 1. The molecule has 0 bridgehead atoms. The molecule has 0 atom stereocenters. The van der Waals surface area contributed by atoms with Crippen LogP contribution in [0.25, 0.3) is 0 Å². The zero-order valence-corrected chi connectivity index (χ0v) is 6.86. The number of nitrogens with one attached hydrogen (secondary N) is 1. The summed E-state index contributed by atoms with van der Waals surface area (Å²) in [7, 11) is 0. The third kappa shape index (κ3) is 1.32. The van der Waals surface area contributed by atoms with Crippen molar-refractivity contribution in [2.45, 2.75) is 17.9 Å². The fourth-order valence-corrected chi connectivity index (χ4v) is 1.59. The standard InChI is InChI=1S/C7H10F4N2/c8-6(9)3-13(4-7(6,10)11)5-1-12-2-5/h5,12H,1-4H2. The van der Waals surface area contributed by atoms with Crippen molar-refractivity contribution < 1.29 is 17.6 Å². The Hall–Kier alpha value is -0.360. The van der Waals surface area contributed by atoms with Crippen LogP contribution in [0.3, 0.4) is 0 Å². The summed E-state index contributed by atoms with van der Waals surface area (Å²) in [6.45, 7) is -0.559. The SMILES string of the molecule is FC1(F)CN(C2CNC2)CC1(F)F. The Labute approximate surface area is 72.9 Å². The van der Waals surface area contributed by atoms with E-state index in [0.29, 0.717) is 13.1 Å². The second-order valence-electron chi connectivity index (χ2n) is 3.63. The van der Waals surface area contributed by atoms with Gasteiger partial charge in [0.25, 0.3) is 0 Å². The topological polar surface area (TPSA) is 15.3 Å². The Morgan fingerprint density at radius 1 is 1.00 bits per heavy atom. The molecule has 2 rings (SSSR count). The van der Waals surface area contributed by atoms with Gasteiger partial charge < -0.3 is 5.32 Å². The van der Waals surface area contributed by atoms with E-state index in [4.69, 9.17) is 0 Å². The number of hydrogen-bond donors (Lipinski definition) is 1. The highest BCUT2D eigenvalue weighted by atomic mass is 19.3. The summed E-state index contributed by atoms with van der Waals surface area (Å²) in [5.41, 5.74) is 0. The quantitative estimate of drug-likeness (QED) is 0.619. The first-order valence-corrected chi connectivity index (χ1v) is 4.13. The number of hydrogen-bond acceptors (Lipinski definition) is 2. The monoisotopic (exact) mass is 198 g/mol. The summed E-state index contributed by atoms with van der Waals surface area (Å²) in [4.78, 5) is 1.16. The van der Waals surface area contributed by atoms with Gasteiger partial charge in [-0.25, -0.2) is 0 Å². The first-order valence-electron chi connectivity index (χ1n) is 4.13. The van der Waals surface area contributed by atoms with Gasteiger partial charge in [0.05, 0.1) is 13.1 Å². The molecule has 1 N–H and O–H groups in total. The molecular weight excluding hydrogens is 188 g/mol. The summed E-state index contributed by atoms with van der Waals surface area (Å²) in [6, 6.07) is -0.140. The summed E-state index contributed by atoms with van der Waals surface area (Å²) >= 11 is 0. The van der Waals surface area contributed by atoms with Gasteiger partial charge in [-0.3, -0.25) is 4.90 Å².